The number of furan rings is 1. The van der Waals surface area contributed by atoms with Crippen LogP contribution in [-0.2, 0) is 22.7 Å². The summed E-state index contributed by atoms with van der Waals surface area (Å²) >= 11 is 0. The Balaban J connectivity index is 1.61. The Bertz CT molecular complexity index is 501. The highest BCUT2D eigenvalue weighted by Gasteiger charge is 2.58. The van der Waals surface area contributed by atoms with Gasteiger partial charge in [-0.15, -0.1) is 0 Å². The third-order valence-electron chi connectivity index (χ3n) is 3.67. The normalized spacial score (nSPS) is 25.3. The van der Waals surface area contributed by atoms with Crippen LogP contribution < -0.4 is 5.32 Å². The molecule has 1 aromatic heterocycles. The number of imide groups is 1. The van der Waals surface area contributed by atoms with Crippen LogP contribution in [0, 0.1) is 11.8 Å². The molecule has 2 atom stereocenters. The van der Waals surface area contributed by atoms with Gasteiger partial charge in [0.15, 0.2) is 0 Å². The molecule has 0 spiro atoms. The molecule has 0 aromatic carbocycles. The average Bonchev–Trinajstić information content (AvgIpc) is 2.98. The molecule has 1 N–H and O–H groups in total. The number of amides is 2. The van der Waals surface area contributed by atoms with Crippen molar-refractivity contribution in [2.45, 2.75) is 39.4 Å². The van der Waals surface area contributed by atoms with Gasteiger partial charge in [-0.3, -0.25) is 14.5 Å². The Kier molecular flexibility index (Phi) is 2.93. The number of nitrogens with one attached hydrogen (secondary N) is 1. The highest BCUT2D eigenvalue weighted by atomic mass is 16.3. The second kappa shape index (κ2) is 4.49. The lowest BCUT2D eigenvalue weighted by Crippen LogP contribution is -2.32. The molecule has 5 nitrogen and oxygen atoms in total. The Morgan fingerprint density at radius 3 is 2.53 bits per heavy atom. The number of carbonyl (C=O) groups excluding carboxylic acids is 2. The van der Waals surface area contributed by atoms with Crippen LogP contribution in [0.1, 0.15) is 31.8 Å². The summed E-state index contributed by atoms with van der Waals surface area (Å²) in [7, 11) is 0. The molecule has 2 aliphatic rings. The summed E-state index contributed by atoms with van der Waals surface area (Å²) in [4.78, 5) is 25.0. The Labute approximate surface area is 111 Å². The second-order valence-corrected chi connectivity index (χ2v) is 5.61. The van der Waals surface area contributed by atoms with E-state index in [-0.39, 0.29) is 30.2 Å². The molecule has 1 saturated carbocycles. The minimum absolute atomic E-state index is 0.0340. The lowest BCUT2D eigenvalue weighted by Gasteiger charge is -2.14. The molecule has 1 saturated heterocycles. The number of carbonyl (C=O) groups is 2. The third-order valence-corrected chi connectivity index (χ3v) is 3.67. The number of likely N-dealkylation sites (tertiary alicyclic amines) is 1. The number of nitrogens with zero attached hydrogens (tertiary/aromatic N) is 1. The van der Waals surface area contributed by atoms with Gasteiger partial charge in [-0.05, 0) is 18.6 Å². The first-order valence-electron chi connectivity index (χ1n) is 6.72. The van der Waals surface area contributed by atoms with Crippen molar-refractivity contribution in [3.63, 3.8) is 0 Å². The van der Waals surface area contributed by atoms with Gasteiger partial charge in [0.05, 0.1) is 24.9 Å². The lowest BCUT2D eigenvalue weighted by atomic mass is 10.3. The number of piperidine rings is 1. The standard InChI is InChI=1S/C14H18N2O3/c1-8(2)15-6-9-3-4-10(19-9)7-16-13(17)11-5-12(11)14(16)18/h3-4,8,11-12,15H,5-7H2,1-2H3. The number of fused-ring (bicyclic) bond motifs is 1. The van der Waals surface area contributed by atoms with Crippen LogP contribution in [0.5, 0.6) is 0 Å². The van der Waals surface area contributed by atoms with E-state index in [4.69, 9.17) is 4.42 Å². The molecule has 2 heterocycles. The Morgan fingerprint density at radius 2 is 1.89 bits per heavy atom. The highest BCUT2D eigenvalue weighted by Crippen LogP contribution is 2.47. The van der Waals surface area contributed by atoms with Crippen LogP contribution in [0.2, 0.25) is 0 Å². The molecular formula is C14H18N2O3. The summed E-state index contributed by atoms with van der Waals surface area (Å²) in [5.41, 5.74) is 0. The summed E-state index contributed by atoms with van der Waals surface area (Å²) in [5, 5.41) is 3.26. The predicted molar refractivity (Wildman–Crippen MR) is 67.8 cm³/mol. The van der Waals surface area contributed by atoms with E-state index in [2.05, 4.69) is 19.2 Å². The predicted octanol–water partition coefficient (Wildman–Crippen LogP) is 1.28. The maximum atomic E-state index is 11.8. The molecule has 5 heteroatoms. The maximum absolute atomic E-state index is 11.8. The molecule has 19 heavy (non-hydrogen) atoms. The molecule has 0 radical (unpaired) electrons. The second-order valence-electron chi connectivity index (χ2n) is 5.61. The van der Waals surface area contributed by atoms with Gasteiger partial charge >= 0.3 is 0 Å². The number of hydrogen-bond donors (Lipinski definition) is 1. The first-order valence-corrected chi connectivity index (χ1v) is 6.72. The van der Waals surface area contributed by atoms with E-state index in [0.29, 0.717) is 18.3 Å². The van der Waals surface area contributed by atoms with Crippen molar-refractivity contribution in [1.82, 2.24) is 10.2 Å². The van der Waals surface area contributed by atoms with Crippen LogP contribution in [0.15, 0.2) is 16.5 Å². The summed E-state index contributed by atoms with van der Waals surface area (Å²) in [5.74, 6) is 1.35. The van der Waals surface area contributed by atoms with Crippen LogP contribution >= 0.6 is 0 Å². The molecule has 1 aliphatic carbocycles. The zero-order valence-electron chi connectivity index (χ0n) is 11.2. The molecular weight excluding hydrogens is 244 g/mol. The summed E-state index contributed by atoms with van der Waals surface area (Å²) in [6.07, 6.45) is 0.746. The Hall–Kier alpha value is -1.62. The van der Waals surface area contributed by atoms with Crippen LogP contribution in [0.3, 0.4) is 0 Å². The molecule has 1 aliphatic heterocycles. The summed E-state index contributed by atoms with van der Waals surface area (Å²) in [6, 6.07) is 4.11. The van der Waals surface area contributed by atoms with Crippen LogP contribution in [0.4, 0.5) is 0 Å². The molecule has 0 bridgehead atoms. The molecule has 2 amide bonds. The van der Waals surface area contributed by atoms with Gasteiger partial charge in [-0.2, -0.15) is 0 Å². The van der Waals surface area contributed by atoms with E-state index in [1.807, 2.05) is 12.1 Å². The van der Waals surface area contributed by atoms with E-state index in [0.717, 1.165) is 12.2 Å². The topological polar surface area (TPSA) is 62.6 Å². The first-order chi connectivity index (χ1) is 9.06. The lowest BCUT2D eigenvalue weighted by molar-refractivity contribution is -0.142. The molecule has 3 rings (SSSR count). The molecule has 1 aromatic rings. The molecule has 2 unspecified atom stereocenters. The number of rotatable bonds is 5. The summed E-state index contributed by atoms with van der Waals surface area (Å²) in [6.45, 7) is 5.06. The van der Waals surface area contributed by atoms with Crippen molar-refractivity contribution in [2.24, 2.45) is 11.8 Å². The van der Waals surface area contributed by atoms with E-state index < -0.39 is 0 Å². The summed E-state index contributed by atoms with van der Waals surface area (Å²) < 4.78 is 5.63. The largest absolute Gasteiger partial charge is 0.463 e. The van der Waals surface area contributed by atoms with Gasteiger partial charge < -0.3 is 9.73 Å². The fourth-order valence-electron chi connectivity index (χ4n) is 2.47. The third kappa shape index (κ3) is 2.30. The van der Waals surface area contributed by atoms with Crippen molar-refractivity contribution in [3.05, 3.63) is 23.7 Å². The Morgan fingerprint density at radius 1 is 1.26 bits per heavy atom. The van der Waals surface area contributed by atoms with Gasteiger partial charge in [0.25, 0.3) is 0 Å². The van der Waals surface area contributed by atoms with Crippen molar-refractivity contribution in [3.8, 4) is 0 Å². The van der Waals surface area contributed by atoms with E-state index in [1.165, 1.54) is 4.90 Å². The smallest absolute Gasteiger partial charge is 0.233 e. The monoisotopic (exact) mass is 262 g/mol. The quantitative estimate of drug-likeness (QED) is 0.812. The molecule has 2 fully saturated rings. The number of hydrogen-bond acceptors (Lipinski definition) is 4. The molecule has 102 valence electrons. The fourth-order valence-corrected chi connectivity index (χ4v) is 2.47. The van der Waals surface area contributed by atoms with Gasteiger partial charge in [-0.25, -0.2) is 0 Å². The maximum Gasteiger partial charge on any atom is 0.233 e. The van der Waals surface area contributed by atoms with Crippen molar-refractivity contribution in [1.29, 1.82) is 0 Å². The van der Waals surface area contributed by atoms with Gasteiger partial charge in [0.1, 0.15) is 11.5 Å². The zero-order chi connectivity index (χ0) is 13.6. The average molecular weight is 262 g/mol. The van der Waals surface area contributed by atoms with Crippen LogP contribution in [0.25, 0.3) is 0 Å². The minimum Gasteiger partial charge on any atom is -0.463 e. The van der Waals surface area contributed by atoms with Crippen molar-refractivity contribution in [2.75, 3.05) is 0 Å². The van der Waals surface area contributed by atoms with Crippen LogP contribution in [-0.4, -0.2) is 22.8 Å². The van der Waals surface area contributed by atoms with E-state index in [1.54, 1.807) is 0 Å². The fraction of sp³-hybridized carbons (Fsp3) is 0.571. The SMILES string of the molecule is CC(C)NCc1ccc(CN2C(=O)C3CC3C2=O)o1. The highest BCUT2D eigenvalue weighted by molar-refractivity contribution is 6.08. The van der Waals surface area contributed by atoms with Crippen molar-refractivity contribution < 1.29 is 14.0 Å². The van der Waals surface area contributed by atoms with Gasteiger partial charge in [-0.1, -0.05) is 13.8 Å². The van der Waals surface area contributed by atoms with Crippen molar-refractivity contribution >= 4 is 11.8 Å². The van der Waals surface area contributed by atoms with E-state index in [9.17, 15) is 9.59 Å². The minimum atomic E-state index is -0.0375. The van der Waals surface area contributed by atoms with Gasteiger partial charge in [0.2, 0.25) is 11.8 Å². The first kappa shape index (κ1) is 12.4. The van der Waals surface area contributed by atoms with Gasteiger partial charge in [0, 0.05) is 6.04 Å². The zero-order valence-corrected chi connectivity index (χ0v) is 11.2. The van der Waals surface area contributed by atoms with E-state index >= 15 is 0 Å².